The Balaban J connectivity index is 1.72. The van der Waals surface area contributed by atoms with Crippen LogP contribution >= 0.6 is 0 Å². The van der Waals surface area contributed by atoms with Crippen LogP contribution in [-0.2, 0) is 6.54 Å². The van der Waals surface area contributed by atoms with Gasteiger partial charge in [-0.2, -0.15) is 0 Å². The number of rotatable bonds is 5. The van der Waals surface area contributed by atoms with Crippen LogP contribution in [0.25, 0.3) is 5.69 Å². The quantitative estimate of drug-likeness (QED) is 0.752. The zero-order chi connectivity index (χ0) is 17.1. The molecular weight excluding hydrogens is 318 g/mol. The molecule has 0 saturated carbocycles. The van der Waals surface area contributed by atoms with Crippen molar-refractivity contribution >= 4 is 11.7 Å². The molecule has 0 unspecified atom stereocenters. The summed E-state index contributed by atoms with van der Waals surface area (Å²) in [7, 11) is 0. The maximum atomic E-state index is 13.4. The zero-order valence-corrected chi connectivity index (χ0v) is 12.3. The van der Waals surface area contributed by atoms with E-state index in [2.05, 4.69) is 15.6 Å². The van der Waals surface area contributed by atoms with Gasteiger partial charge in [0.25, 0.3) is 0 Å². The molecule has 0 aliphatic carbocycles. The summed E-state index contributed by atoms with van der Waals surface area (Å²) in [4.78, 5) is 10.9. The number of carboxylic acids is 1. The van der Waals surface area contributed by atoms with Crippen LogP contribution in [0.3, 0.4) is 0 Å². The number of anilines is 1. The molecule has 3 aromatic rings. The van der Waals surface area contributed by atoms with Gasteiger partial charge in [-0.1, -0.05) is 5.21 Å². The van der Waals surface area contributed by atoms with E-state index in [4.69, 9.17) is 5.11 Å². The molecule has 24 heavy (non-hydrogen) atoms. The van der Waals surface area contributed by atoms with Crippen LogP contribution in [0, 0.1) is 11.6 Å². The summed E-state index contributed by atoms with van der Waals surface area (Å²) in [6.07, 6.45) is 1.64. The number of hydrogen-bond donors (Lipinski definition) is 2. The van der Waals surface area contributed by atoms with Crippen LogP contribution in [0.15, 0.2) is 48.7 Å². The second kappa shape index (κ2) is 6.45. The Kier molecular flexibility index (Phi) is 4.19. The highest BCUT2D eigenvalue weighted by Crippen LogP contribution is 2.15. The molecular formula is C16H12F2N4O2. The molecule has 0 atom stereocenters. The third-order valence-corrected chi connectivity index (χ3v) is 3.25. The molecule has 8 heteroatoms. The van der Waals surface area contributed by atoms with Gasteiger partial charge in [0.05, 0.1) is 24.0 Å². The van der Waals surface area contributed by atoms with E-state index in [1.165, 1.54) is 28.9 Å². The highest BCUT2D eigenvalue weighted by molar-refractivity contribution is 5.88. The van der Waals surface area contributed by atoms with Crippen molar-refractivity contribution in [2.45, 2.75) is 6.54 Å². The molecule has 0 fully saturated rings. The van der Waals surface area contributed by atoms with Crippen molar-refractivity contribution in [1.82, 2.24) is 15.0 Å². The van der Waals surface area contributed by atoms with Gasteiger partial charge >= 0.3 is 5.97 Å². The number of aromatic carboxylic acids is 1. The fraction of sp³-hybridized carbons (Fsp3) is 0.0625. The minimum Gasteiger partial charge on any atom is -0.478 e. The Bertz CT molecular complexity index is 878. The first-order chi connectivity index (χ1) is 11.5. The van der Waals surface area contributed by atoms with E-state index >= 15 is 0 Å². The zero-order valence-electron chi connectivity index (χ0n) is 12.3. The van der Waals surface area contributed by atoms with Crippen LogP contribution in [0.1, 0.15) is 16.1 Å². The number of carboxylic acid groups (broad SMARTS) is 1. The normalized spacial score (nSPS) is 10.6. The molecule has 0 amide bonds. The van der Waals surface area contributed by atoms with E-state index in [0.29, 0.717) is 17.1 Å². The summed E-state index contributed by atoms with van der Waals surface area (Å²) in [5, 5.41) is 19.7. The Morgan fingerprint density at radius 1 is 1.12 bits per heavy atom. The minimum atomic E-state index is -1.21. The molecule has 2 N–H and O–H groups in total. The number of halogens is 2. The number of benzene rings is 2. The van der Waals surface area contributed by atoms with Gasteiger partial charge in [-0.3, -0.25) is 0 Å². The predicted octanol–water partition coefficient (Wildman–Crippen LogP) is 2.86. The third-order valence-electron chi connectivity index (χ3n) is 3.25. The van der Waals surface area contributed by atoms with Crippen LogP contribution < -0.4 is 5.32 Å². The highest BCUT2D eigenvalue weighted by atomic mass is 19.1. The van der Waals surface area contributed by atoms with Crippen molar-refractivity contribution in [3.8, 4) is 5.69 Å². The lowest BCUT2D eigenvalue weighted by molar-refractivity contribution is 0.0696. The van der Waals surface area contributed by atoms with E-state index in [1.54, 1.807) is 18.3 Å². The molecule has 0 radical (unpaired) electrons. The molecule has 122 valence electrons. The van der Waals surface area contributed by atoms with Crippen LogP contribution in [-0.4, -0.2) is 26.1 Å². The van der Waals surface area contributed by atoms with Crippen molar-refractivity contribution < 1.29 is 18.7 Å². The van der Waals surface area contributed by atoms with Gasteiger partial charge in [-0.25, -0.2) is 18.3 Å². The molecule has 0 saturated heterocycles. The minimum absolute atomic E-state index is 0.146. The van der Waals surface area contributed by atoms with Gasteiger partial charge in [0.15, 0.2) is 0 Å². The van der Waals surface area contributed by atoms with E-state index in [-0.39, 0.29) is 17.9 Å². The molecule has 0 bridgehead atoms. The lowest BCUT2D eigenvalue weighted by Gasteiger charge is -2.05. The molecule has 3 rings (SSSR count). The van der Waals surface area contributed by atoms with Gasteiger partial charge < -0.3 is 10.4 Å². The topological polar surface area (TPSA) is 80.0 Å². The van der Waals surface area contributed by atoms with E-state index < -0.39 is 11.8 Å². The van der Waals surface area contributed by atoms with E-state index in [1.807, 2.05) is 0 Å². The maximum Gasteiger partial charge on any atom is 0.335 e. The summed E-state index contributed by atoms with van der Waals surface area (Å²) < 4.78 is 27.8. The molecule has 0 aliphatic rings. The molecule has 0 spiro atoms. The Hall–Kier alpha value is -3.29. The predicted molar refractivity (Wildman–Crippen MR) is 82.0 cm³/mol. The van der Waals surface area contributed by atoms with Crippen LogP contribution in [0.5, 0.6) is 0 Å². The summed E-state index contributed by atoms with van der Waals surface area (Å²) in [5.41, 5.74) is 1.38. The summed E-state index contributed by atoms with van der Waals surface area (Å²) >= 11 is 0. The first kappa shape index (κ1) is 15.6. The van der Waals surface area contributed by atoms with Crippen molar-refractivity contribution in [2.75, 3.05) is 5.32 Å². The smallest absolute Gasteiger partial charge is 0.335 e. The van der Waals surface area contributed by atoms with Crippen molar-refractivity contribution in [2.24, 2.45) is 0 Å². The van der Waals surface area contributed by atoms with E-state index in [0.717, 1.165) is 6.07 Å². The number of aromatic nitrogens is 3. The van der Waals surface area contributed by atoms with Gasteiger partial charge in [0, 0.05) is 5.69 Å². The number of nitrogens with one attached hydrogen (secondary N) is 1. The van der Waals surface area contributed by atoms with Gasteiger partial charge in [0.2, 0.25) is 0 Å². The summed E-state index contributed by atoms with van der Waals surface area (Å²) in [5.74, 6) is -2.20. The first-order valence-electron chi connectivity index (χ1n) is 6.96. The van der Waals surface area contributed by atoms with Gasteiger partial charge in [-0.05, 0) is 42.5 Å². The third kappa shape index (κ3) is 3.54. The van der Waals surface area contributed by atoms with E-state index in [9.17, 15) is 13.6 Å². The second-order valence-corrected chi connectivity index (χ2v) is 5.02. The number of hydrogen-bond acceptors (Lipinski definition) is 4. The number of nitrogens with zero attached hydrogens (tertiary/aromatic N) is 3. The molecule has 6 nitrogen and oxygen atoms in total. The fourth-order valence-corrected chi connectivity index (χ4v) is 2.11. The maximum absolute atomic E-state index is 13.4. The fourth-order valence-electron chi connectivity index (χ4n) is 2.11. The van der Waals surface area contributed by atoms with Crippen LogP contribution in [0.4, 0.5) is 14.5 Å². The number of carbonyl (C=O) groups is 1. The Morgan fingerprint density at radius 3 is 2.58 bits per heavy atom. The monoisotopic (exact) mass is 330 g/mol. The van der Waals surface area contributed by atoms with Crippen molar-refractivity contribution in [1.29, 1.82) is 0 Å². The average molecular weight is 330 g/mol. The van der Waals surface area contributed by atoms with Crippen LogP contribution in [0.2, 0.25) is 0 Å². The lowest BCUT2D eigenvalue weighted by atomic mass is 10.2. The molecule has 1 heterocycles. The Labute approximate surface area is 135 Å². The van der Waals surface area contributed by atoms with Gasteiger partial charge in [0.1, 0.15) is 17.3 Å². The highest BCUT2D eigenvalue weighted by Gasteiger charge is 2.08. The first-order valence-corrected chi connectivity index (χ1v) is 6.96. The summed E-state index contributed by atoms with van der Waals surface area (Å²) in [6, 6.07) is 9.22. The van der Waals surface area contributed by atoms with Crippen molar-refractivity contribution in [3.63, 3.8) is 0 Å². The Morgan fingerprint density at radius 2 is 1.88 bits per heavy atom. The standard InChI is InChI=1S/C16H12F2N4O2/c17-11-1-3-15(4-2-11)22-9-14(20-21-22)8-19-13-6-10(16(23)24)5-12(18)7-13/h1-7,9,19H,8H2,(H,23,24). The van der Waals surface area contributed by atoms with Gasteiger partial charge in [-0.15, -0.1) is 5.10 Å². The average Bonchev–Trinajstić information content (AvgIpc) is 3.02. The lowest BCUT2D eigenvalue weighted by Crippen LogP contribution is -2.03. The molecule has 2 aromatic carbocycles. The van der Waals surface area contributed by atoms with Crippen molar-refractivity contribution in [3.05, 3.63) is 71.6 Å². The SMILES string of the molecule is O=C(O)c1cc(F)cc(NCc2cn(-c3ccc(F)cc3)nn2)c1. The molecule has 0 aliphatic heterocycles. The summed E-state index contributed by atoms with van der Waals surface area (Å²) in [6.45, 7) is 0.226. The largest absolute Gasteiger partial charge is 0.478 e. The molecule has 1 aromatic heterocycles. The second-order valence-electron chi connectivity index (χ2n) is 5.02.